The van der Waals surface area contributed by atoms with E-state index in [0.717, 1.165) is 29.0 Å². The highest BCUT2D eigenvalue weighted by molar-refractivity contribution is 5.84. The van der Waals surface area contributed by atoms with Gasteiger partial charge < -0.3 is 19.9 Å². The number of aryl methyl sites for hydroxylation is 1. The highest BCUT2D eigenvalue weighted by Gasteiger charge is 2.24. The van der Waals surface area contributed by atoms with E-state index in [1.807, 2.05) is 31.2 Å². The number of hydrogen-bond acceptors (Lipinski definition) is 4. The molecule has 2 aromatic carbocycles. The lowest BCUT2D eigenvalue weighted by Gasteiger charge is -2.16. The summed E-state index contributed by atoms with van der Waals surface area (Å²) in [7, 11) is 0. The van der Waals surface area contributed by atoms with Gasteiger partial charge in [0.2, 0.25) is 5.91 Å². The summed E-state index contributed by atoms with van der Waals surface area (Å²) in [4.78, 5) is 23.8. The van der Waals surface area contributed by atoms with Crippen LogP contribution in [0.5, 0.6) is 11.5 Å². The molecule has 6 heteroatoms. The van der Waals surface area contributed by atoms with Crippen LogP contribution in [0, 0.1) is 6.92 Å². The number of benzene rings is 2. The van der Waals surface area contributed by atoms with Crippen molar-refractivity contribution in [2.75, 3.05) is 13.2 Å². The Kier molecular flexibility index (Phi) is 5.96. The molecule has 1 unspecified atom stereocenters. The maximum atomic E-state index is 12.2. The highest BCUT2D eigenvalue weighted by Crippen LogP contribution is 2.28. The number of carboxylic acid groups (broad SMARTS) is 1. The zero-order chi connectivity index (χ0) is 19.2. The number of aliphatic carboxylic acids is 1. The molecule has 2 N–H and O–H groups in total. The fourth-order valence-corrected chi connectivity index (χ4v) is 3.03. The Morgan fingerprint density at radius 1 is 1.26 bits per heavy atom. The van der Waals surface area contributed by atoms with Crippen LogP contribution < -0.4 is 14.8 Å². The lowest BCUT2D eigenvalue weighted by molar-refractivity contribution is -0.142. The van der Waals surface area contributed by atoms with Crippen LogP contribution >= 0.6 is 0 Å². The van der Waals surface area contributed by atoms with Crippen LogP contribution in [0.4, 0.5) is 0 Å². The van der Waals surface area contributed by atoms with E-state index >= 15 is 0 Å². The predicted molar refractivity (Wildman–Crippen MR) is 100 cm³/mol. The van der Waals surface area contributed by atoms with Gasteiger partial charge in [0.1, 0.15) is 11.5 Å². The molecule has 0 saturated heterocycles. The minimum absolute atomic E-state index is 0.198. The molecule has 1 amide bonds. The van der Waals surface area contributed by atoms with Gasteiger partial charge in [-0.2, -0.15) is 0 Å². The summed E-state index contributed by atoms with van der Waals surface area (Å²) in [5, 5.41) is 12.1. The Bertz CT molecular complexity index is 833. The molecule has 0 radical (unpaired) electrons. The number of nitrogens with one attached hydrogen (secondary N) is 1. The van der Waals surface area contributed by atoms with Gasteiger partial charge in [0, 0.05) is 12.8 Å². The molecule has 0 aliphatic carbocycles. The van der Waals surface area contributed by atoms with E-state index in [1.165, 1.54) is 0 Å². The number of carboxylic acids is 1. The lowest BCUT2D eigenvalue weighted by atomic mass is 10.0. The predicted octanol–water partition coefficient (Wildman–Crippen LogP) is 3.03. The first-order chi connectivity index (χ1) is 13.0. The molecule has 1 aliphatic rings. The molecule has 1 aliphatic heterocycles. The van der Waals surface area contributed by atoms with Crippen LogP contribution in [0.2, 0.25) is 0 Å². The zero-order valence-corrected chi connectivity index (χ0v) is 15.2. The van der Waals surface area contributed by atoms with Gasteiger partial charge in [0.25, 0.3) is 0 Å². The molecule has 1 atom stereocenters. The molecular weight excluding hydrogens is 346 g/mol. The maximum absolute atomic E-state index is 12.2. The summed E-state index contributed by atoms with van der Waals surface area (Å²) < 4.78 is 11.0. The summed E-state index contributed by atoms with van der Waals surface area (Å²) in [6.45, 7) is 2.98. The van der Waals surface area contributed by atoms with Gasteiger partial charge in [0.15, 0.2) is 6.04 Å². The lowest BCUT2D eigenvalue weighted by Crippen LogP contribution is -2.33. The monoisotopic (exact) mass is 369 g/mol. The molecule has 0 spiro atoms. The van der Waals surface area contributed by atoms with Gasteiger partial charge in [-0.3, -0.25) is 4.79 Å². The van der Waals surface area contributed by atoms with E-state index in [0.29, 0.717) is 25.2 Å². The standard InChI is InChI=1S/C21H23NO5/c1-14-4-2-5-17(12-14)26-10-3-6-19(23)22-20(21(24)25)16-7-8-18-15(13-16)9-11-27-18/h2,4-5,7-8,12-13,20H,3,6,9-11H2,1H3,(H,22,23)(H,24,25). The first-order valence-corrected chi connectivity index (χ1v) is 9.00. The van der Waals surface area contributed by atoms with Gasteiger partial charge in [-0.05, 0) is 54.3 Å². The number of carbonyl (C=O) groups is 2. The molecule has 0 fully saturated rings. The highest BCUT2D eigenvalue weighted by atomic mass is 16.5. The quantitative estimate of drug-likeness (QED) is 0.699. The fourth-order valence-electron chi connectivity index (χ4n) is 3.03. The minimum Gasteiger partial charge on any atom is -0.494 e. The Morgan fingerprint density at radius 2 is 2.11 bits per heavy atom. The second-order valence-electron chi connectivity index (χ2n) is 6.57. The van der Waals surface area contributed by atoms with Crippen molar-refractivity contribution in [1.29, 1.82) is 0 Å². The minimum atomic E-state index is -1.08. The number of hydrogen-bond donors (Lipinski definition) is 2. The van der Waals surface area contributed by atoms with Crippen molar-refractivity contribution in [1.82, 2.24) is 5.32 Å². The molecular formula is C21H23NO5. The fraction of sp³-hybridized carbons (Fsp3) is 0.333. The van der Waals surface area contributed by atoms with E-state index in [9.17, 15) is 14.7 Å². The average molecular weight is 369 g/mol. The topological polar surface area (TPSA) is 84.9 Å². The van der Waals surface area contributed by atoms with Crippen molar-refractivity contribution in [3.05, 3.63) is 59.2 Å². The first-order valence-electron chi connectivity index (χ1n) is 9.00. The normalized spacial score (nSPS) is 13.4. The first kappa shape index (κ1) is 18.8. The molecule has 27 heavy (non-hydrogen) atoms. The summed E-state index contributed by atoms with van der Waals surface area (Å²) in [6, 6.07) is 11.9. The largest absolute Gasteiger partial charge is 0.494 e. The van der Waals surface area contributed by atoms with E-state index < -0.39 is 12.0 Å². The number of rotatable bonds is 8. The van der Waals surface area contributed by atoms with E-state index in [1.54, 1.807) is 18.2 Å². The zero-order valence-electron chi connectivity index (χ0n) is 15.2. The van der Waals surface area contributed by atoms with Crippen LogP contribution in [0.3, 0.4) is 0 Å². The van der Waals surface area contributed by atoms with Gasteiger partial charge >= 0.3 is 5.97 Å². The Balaban J connectivity index is 1.51. The van der Waals surface area contributed by atoms with Gasteiger partial charge in [-0.15, -0.1) is 0 Å². The van der Waals surface area contributed by atoms with Gasteiger partial charge in [-0.25, -0.2) is 4.79 Å². The van der Waals surface area contributed by atoms with E-state index in [-0.39, 0.29) is 12.3 Å². The molecule has 142 valence electrons. The summed E-state index contributed by atoms with van der Waals surface area (Å²) in [6.07, 6.45) is 1.45. The molecule has 6 nitrogen and oxygen atoms in total. The summed E-state index contributed by atoms with van der Waals surface area (Å²) in [5.41, 5.74) is 2.63. The number of fused-ring (bicyclic) bond motifs is 1. The van der Waals surface area contributed by atoms with E-state index in [4.69, 9.17) is 9.47 Å². The van der Waals surface area contributed by atoms with Crippen LogP contribution in [0.25, 0.3) is 0 Å². The van der Waals surface area contributed by atoms with Crippen LogP contribution in [-0.2, 0) is 16.0 Å². The molecule has 3 rings (SSSR count). The van der Waals surface area contributed by atoms with Crippen LogP contribution in [-0.4, -0.2) is 30.2 Å². The SMILES string of the molecule is Cc1cccc(OCCCC(=O)NC(C(=O)O)c2ccc3c(c2)CCO3)c1. The van der Waals surface area contributed by atoms with Crippen molar-refractivity contribution >= 4 is 11.9 Å². The van der Waals surface area contributed by atoms with Crippen molar-refractivity contribution in [3.8, 4) is 11.5 Å². The van der Waals surface area contributed by atoms with Crippen LogP contribution in [0.15, 0.2) is 42.5 Å². The third-order valence-corrected chi connectivity index (χ3v) is 4.41. The van der Waals surface area contributed by atoms with Crippen molar-refractivity contribution in [3.63, 3.8) is 0 Å². The van der Waals surface area contributed by atoms with Crippen molar-refractivity contribution < 1.29 is 24.2 Å². The number of carbonyl (C=O) groups excluding carboxylic acids is 1. The molecule has 0 bridgehead atoms. The maximum Gasteiger partial charge on any atom is 0.330 e. The molecule has 1 heterocycles. The Hall–Kier alpha value is -3.02. The molecule has 2 aromatic rings. The second kappa shape index (κ2) is 8.58. The number of ether oxygens (including phenoxy) is 2. The molecule has 0 saturated carbocycles. The smallest absolute Gasteiger partial charge is 0.330 e. The summed E-state index contributed by atoms with van der Waals surface area (Å²) in [5.74, 6) is 0.145. The third-order valence-electron chi connectivity index (χ3n) is 4.41. The molecule has 0 aromatic heterocycles. The van der Waals surface area contributed by atoms with Gasteiger partial charge in [-0.1, -0.05) is 18.2 Å². The van der Waals surface area contributed by atoms with Crippen molar-refractivity contribution in [2.45, 2.75) is 32.2 Å². The second-order valence-corrected chi connectivity index (χ2v) is 6.57. The Labute approximate surface area is 158 Å². The van der Waals surface area contributed by atoms with Gasteiger partial charge in [0.05, 0.1) is 13.2 Å². The third kappa shape index (κ3) is 5.00. The number of amides is 1. The Morgan fingerprint density at radius 3 is 2.89 bits per heavy atom. The summed E-state index contributed by atoms with van der Waals surface area (Å²) >= 11 is 0. The average Bonchev–Trinajstić information content (AvgIpc) is 3.11. The van der Waals surface area contributed by atoms with Crippen LogP contribution in [0.1, 0.15) is 35.6 Å². The van der Waals surface area contributed by atoms with Crippen molar-refractivity contribution in [2.24, 2.45) is 0 Å². The van der Waals surface area contributed by atoms with E-state index in [2.05, 4.69) is 5.32 Å².